The van der Waals surface area contributed by atoms with Gasteiger partial charge in [-0.2, -0.15) is 0 Å². The van der Waals surface area contributed by atoms with Crippen LogP contribution in [0.1, 0.15) is 24.3 Å². The minimum absolute atomic E-state index is 0.141. The van der Waals surface area contributed by atoms with Crippen molar-refractivity contribution in [1.29, 1.82) is 0 Å². The smallest absolute Gasteiger partial charge is 0.228 e. The van der Waals surface area contributed by atoms with Crippen molar-refractivity contribution in [3.63, 3.8) is 0 Å². The fourth-order valence-electron chi connectivity index (χ4n) is 2.10. The second-order valence-electron chi connectivity index (χ2n) is 4.56. The normalized spacial score (nSPS) is 13.1. The van der Waals surface area contributed by atoms with Crippen LogP contribution in [0.5, 0.6) is 0 Å². The molecule has 0 aliphatic rings. The van der Waals surface area contributed by atoms with E-state index in [1.165, 1.54) is 5.56 Å². The number of aromatic nitrogens is 2. The molecule has 0 amide bonds. The van der Waals surface area contributed by atoms with E-state index in [2.05, 4.69) is 29.0 Å². The molecule has 3 rings (SSSR count). The van der Waals surface area contributed by atoms with E-state index in [9.17, 15) is 0 Å². The summed E-state index contributed by atoms with van der Waals surface area (Å²) in [5.74, 6) is 1.31. The van der Waals surface area contributed by atoms with Crippen molar-refractivity contribution in [3.8, 4) is 11.5 Å². The quantitative estimate of drug-likeness (QED) is 0.724. The number of rotatable bonds is 2. The molecule has 0 aliphatic heterocycles. The van der Waals surface area contributed by atoms with Gasteiger partial charge in [0.1, 0.15) is 5.76 Å². The molecule has 0 bridgehead atoms. The van der Waals surface area contributed by atoms with Crippen molar-refractivity contribution in [3.05, 3.63) is 41.9 Å². The van der Waals surface area contributed by atoms with Gasteiger partial charge in [0.25, 0.3) is 0 Å². The summed E-state index contributed by atoms with van der Waals surface area (Å²) < 4.78 is 5.68. The lowest BCUT2D eigenvalue weighted by molar-refractivity contribution is 0.488. The monoisotopic (exact) mass is 241 g/mol. The van der Waals surface area contributed by atoms with Crippen molar-refractivity contribution in [2.24, 2.45) is 5.73 Å². The van der Waals surface area contributed by atoms with E-state index in [4.69, 9.17) is 10.2 Å². The largest absolute Gasteiger partial charge is 0.439 e. The third kappa shape index (κ3) is 1.62. The van der Waals surface area contributed by atoms with Gasteiger partial charge < -0.3 is 15.1 Å². The highest BCUT2D eigenvalue weighted by atomic mass is 16.4. The van der Waals surface area contributed by atoms with Crippen LogP contribution in [0.2, 0.25) is 0 Å². The van der Waals surface area contributed by atoms with Crippen LogP contribution < -0.4 is 5.73 Å². The number of hydrogen-bond acceptors (Lipinski definition) is 3. The second-order valence-corrected chi connectivity index (χ2v) is 4.56. The van der Waals surface area contributed by atoms with E-state index >= 15 is 0 Å². The number of fused-ring (bicyclic) bond motifs is 1. The van der Waals surface area contributed by atoms with Gasteiger partial charge in [0, 0.05) is 17.1 Å². The van der Waals surface area contributed by atoms with Gasteiger partial charge >= 0.3 is 0 Å². The fraction of sp³-hybridized carbons (Fsp3) is 0.214. The van der Waals surface area contributed by atoms with Crippen LogP contribution in [0.3, 0.4) is 0 Å². The highest BCUT2D eigenvalue weighted by molar-refractivity contribution is 5.95. The van der Waals surface area contributed by atoms with Gasteiger partial charge in [-0.3, -0.25) is 0 Å². The summed E-state index contributed by atoms with van der Waals surface area (Å²) in [6.07, 6.45) is 3.61. The molecule has 0 saturated heterocycles. The third-order valence-corrected chi connectivity index (χ3v) is 3.13. The van der Waals surface area contributed by atoms with Crippen LogP contribution in [0, 0.1) is 6.92 Å². The zero-order chi connectivity index (χ0) is 12.7. The van der Waals surface area contributed by atoms with E-state index in [-0.39, 0.29) is 6.04 Å². The number of para-hydroxylation sites is 1. The Hall–Kier alpha value is -2.07. The van der Waals surface area contributed by atoms with Crippen LogP contribution in [0.4, 0.5) is 0 Å². The summed E-state index contributed by atoms with van der Waals surface area (Å²) in [5, 5.41) is 1.12. The fourth-order valence-corrected chi connectivity index (χ4v) is 2.10. The number of aryl methyl sites for hydroxylation is 1. The SMILES string of the molecule is Cc1cccc2c(-c3ncc(C(C)N)o3)c[nH]c12. The van der Waals surface area contributed by atoms with E-state index in [0.717, 1.165) is 16.5 Å². The predicted octanol–water partition coefficient (Wildman–Crippen LogP) is 3.15. The van der Waals surface area contributed by atoms with E-state index in [0.29, 0.717) is 11.7 Å². The van der Waals surface area contributed by atoms with E-state index in [1.807, 2.05) is 19.2 Å². The molecule has 3 N–H and O–H groups in total. The zero-order valence-corrected chi connectivity index (χ0v) is 10.4. The lowest BCUT2D eigenvalue weighted by Gasteiger charge is -1.98. The average Bonchev–Trinajstić information content (AvgIpc) is 2.94. The molecule has 0 radical (unpaired) electrons. The molecule has 1 atom stereocenters. The van der Waals surface area contributed by atoms with Crippen molar-refractivity contribution < 1.29 is 4.42 Å². The minimum Gasteiger partial charge on any atom is -0.439 e. The lowest BCUT2D eigenvalue weighted by Crippen LogP contribution is -2.02. The maximum atomic E-state index is 5.78. The van der Waals surface area contributed by atoms with Crippen molar-refractivity contribution in [1.82, 2.24) is 9.97 Å². The lowest BCUT2D eigenvalue weighted by atomic mass is 10.1. The van der Waals surface area contributed by atoms with Crippen molar-refractivity contribution in [2.45, 2.75) is 19.9 Å². The molecule has 4 heteroatoms. The van der Waals surface area contributed by atoms with Crippen molar-refractivity contribution in [2.75, 3.05) is 0 Å². The van der Waals surface area contributed by atoms with Gasteiger partial charge in [-0.05, 0) is 19.4 Å². The molecule has 18 heavy (non-hydrogen) atoms. The molecule has 3 aromatic rings. The Balaban J connectivity index is 2.16. The molecular weight excluding hydrogens is 226 g/mol. The number of nitrogens with zero attached hydrogens (tertiary/aromatic N) is 1. The summed E-state index contributed by atoms with van der Waals surface area (Å²) in [7, 11) is 0. The number of nitrogens with one attached hydrogen (secondary N) is 1. The summed E-state index contributed by atoms with van der Waals surface area (Å²) >= 11 is 0. The Bertz CT molecular complexity index is 694. The highest BCUT2D eigenvalue weighted by Gasteiger charge is 2.14. The Kier molecular flexibility index (Phi) is 2.45. The number of H-pyrrole nitrogens is 1. The molecule has 92 valence electrons. The number of oxazole rings is 1. The first-order valence-corrected chi connectivity index (χ1v) is 5.95. The molecule has 0 aliphatic carbocycles. The van der Waals surface area contributed by atoms with Gasteiger partial charge in [-0.15, -0.1) is 0 Å². The standard InChI is InChI=1S/C14H15N3O/c1-8-4-3-5-10-11(6-16-13(8)10)14-17-7-12(18-14)9(2)15/h3-7,9,16H,15H2,1-2H3. The van der Waals surface area contributed by atoms with Gasteiger partial charge in [0.2, 0.25) is 5.89 Å². The number of hydrogen-bond donors (Lipinski definition) is 2. The zero-order valence-electron chi connectivity index (χ0n) is 10.4. The van der Waals surface area contributed by atoms with Crippen LogP contribution in [0.15, 0.2) is 35.0 Å². The first-order chi connectivity index (χ1) is 8.66. The van der Waals surface area contributed by atoms with Crippen LogP contribution >= 0.6 is 0 Å². The molecule has 0 saturated carbocycles. The predicted molar refractivity (Wildman–Crippen MR) is 71.1 cm³/mol. The summed E-state index contributed by atoms with van der Waals surface area (Å²) in [4.78, 5) is 7.56. The summed E-state index contributed by atoms with van der Waals surface area (Å²) in [5.41, 5.74) is 9.07. The Morgan fingerprint density at radius 3 is 2.94 bits per heavy atom. The molecule has 1 aromatic carbocycles. The van der Waals surface area contributed by atoms with Crippen LogP contribution in [-0.2, 0) is 0 Å². The minimum atomic E-state index is -0.141. The number of aromatic amines is 1. The highest BCUT2D eigenvalue weighted by Crippen LogP contribution is 2.30. The second kappa shape index (κ2) is 3.99. The average molecular weight is 241 g/mol. The van der Waals surface area contributed by atoms with Crippen LogP contribution in [-0.4, -0.2) is 9.97 Å². The topological polar surface area (TPSA) is 67.8 Å². The molecule has 0 fully saturated rings. The Labute approximate surface area is 105 Å². The number of nitrogens with two attached hydrogens (primary N) is 1. The molecule has 4 nitrogen and oxygen atoms in total. The van der Waals surface area contributed by atoms with Crippen molar-refractivity contribution >= 4 is 10.9 Å². The summed E-state index contributed by atoms with van der Waals surface area (Å²) in [6, 6.07) is 6.03. The number of benzene rings is 1. The molecule has 0 spiro atoms. The molecular formula is C14H15N3O. The van der Waals surface area contributed by atoms with Gasteiger partial charge in [0.15, 0.2) is 0 Å². The van der Waals surface area contributed by atoms with Crippen LogP contribution in [0.25, 0.3) is 22.4 Å². The maximum Gasteiger partial charge on any atom is 0.228 e. The van der Waals surface area contributed by atoms with Gasteiger partial charge in [-0.25, -0.2) is 4.98 Å². The maximum absolute atomic E-state index is 5.78. The molecule has 1 unspecified atom stereocenters. The third-order valence-electron chi connectivity index (χ3n) is 3.13. The first-order valence-electron chi connectivity index (χ1n) is 5.95. The van der Waals surface area contributed by atoms with Gasteiger partial charge in [-0.1, -0.05) is 18.2 Å². The van der Waals surface area contributed by atoms with E-state index in [1.54, 1.807) is 6.20 Å². The van der Waals surface area contributed by atoms with E-state index < -0.39 is 0 Å². The Morgan fingerprint density at radius 1 is 1.39 bits per heavy atom. The van der Waals surface area contributed by atoms with Gasteiger partial charge in [0.05, 0.1) is 17.8 Å². The molecule has 2 heterocycles. The Morgan fingerprint density at radius 2 is 2.22 bits per heavy atom. The summed E-state index contributed by atoms with van der Waals surface area (Å²) in [6.45, 7) is 3.95. The first kappa shape index (κ1) is 11.0. The molecule has 2 aromatic heterocycles.